The lowest BCUT2D eigenvalue weighted by molar-refractivity contribution is 0.0998. The first-order chi connectivity index (χ1) is 11.8. The molecule has 2 aromatic carbocycles. The van der Waals surface area contributed by atoms with Crippen molar-refractivity contribution in [2.24, 2.45) is 5.41 Å². The van der Waals surface area contributed by atoms with E-state index >= 15 is 0 Å². The van der Waals surface area contributed by atoms with Crippen LogP contribution in [0.5, 0.6) is 0 Å². The summed E-state index contributed by atoms with van der Waals surface area (Å²) in [5.74, 6) is 0. The van der Waals surface area contributed by atoms with Gasteiger partial charge in [-0.3, -0.25) is 0 Å². The van der Waals surface area contributed by atoms with Crippen LogP contribution >= 0.6 is 0 Å². The van der Waals surface area contributed by atoms with Gasteiger partial charge in [0.1, 0.15) is 8.07 Å². The topological polar surface area (TPSA) is 23.5 Å². The number of aliphatic hydroxyl groups excluding tert-OH is 1. The lowest BCUT2D eigenvalue weighted by Gasteiger charge is -2.34. The molecule has 3 heteroatoms. The molecule has 0 amide bonds. The molecule has 2 nitrogen and oxygen atoms in total. The van der Waals surface area contributed by atoms with Crippen LogP contribution in [0.3, 0.4) is 0 Å². The van der Waals surface area contributed by atoms with Gasteiger partial charge in [-0.05, 0) is 24.9 Å². The second-order valence-corrected chi connectivity index (χ2v) is 12.9. The molecule has 0 unspecified atom stereocenters. The minimum atomic E-state index is -1.98. The van der Waals surface area contributed by atoms with E-state index in [2.05, 4.69) is 93.0 Å². The van der Waals surface area contributed by atoms with Crippen molar-refractivity contribution in [3.05, 3.63) is 60.7 Å². The molecule has 0 aliphatic carbocycles. The van der Waals surface area contributed by atoms with E-state index in [1.165, 1.54) is 10.4 Å². The van der Waals surface area contributed by atoms with Crippen LogP contribution in [0.2, 0.25) is 12.6 Å². The molecule has 1 fully saturated rings. The van der Waals surface area contributed by atoms with Crippen molar-refractivity contribution >= 4 is 18.4 Å². The van der Waals surface area contributed by atoms with E-state index in [1.807, 2.05) is 0 Å². The summed E-state index contributed by atoms with van der Waals surface area (Å²) in [4.78, 5) is 2.36. The van der Waals surface area contributed by atoms with Crippen molar-refractivity contribution in [2.45, 2.75) is 45.0 Å². The molecule has 0 spiro atoms. The number of rotatable bonds is 5. The molecular formula is C22H31NOSi. The van der Waals surface area contributed by atoms with E-state index in [-0.39, 0.29) is 17.6 Å². The fraction of sp³-hybridized carbons (Fsp3) is 0.455. The smallest absolute Gasteiger partial charge is 0.117 e. The molecule has 1 aliphatic heterocycles. The molecule has 3 rings (SSSR count). The number of nitrogens with zero attached hydrogens (tertiary/aromatic N) is 1. The summed E-state index contributed by atoms with van der Waals surface area (Å²) < 4.78 is 0. The average Bonchev–Trinajstić information content (AvgIpc) is 2.89. The number of benzene rings is 2. The first-order valence-corrected chi connectivity index (χ1v) is 12.0. The predicted molar refractivity (Wildman–Crippen MR) is 109 cm³/mol. The van der Waals surface area contributed by atoms with Gasteiger partial charge >= 0.3 is 0 Å². The zero-order valence-electron chi connectivity index (χ0n) is 15.9. The maximum atomic E-state index is 11.2. The Hall–Kier alpha value is -1.42. The quantitative estimate of drug-likeness (QED) is 0.836. The Morgan fingerprint density at radius 3 is 1.92 bits per heavy atom. The van der Waals surface area contributed by atoms with E-state index in [0.29, 0.717) is 0 Å². The van der Waals surface area contributed by atoms with Gasteiger partial charge in [-0.2, -0.15) is 0 Å². The van der Waals surface area contributed by atoms with E-state index in [4.69, 9.17) is 0 Å². The van der Waals surface area contributed by atoms with E-state index in [9.17, 15) is 5.11 Å². The zero-order chi connectivity index (χ0) is 18.1. The van der Waals surface area contributed by atoms with Gasteiger partial charge in [0, 0.05) is 12.6 Å². The zero-order valence-corrected chi connectivity index (χ0v) is 16.9. The van der Waals surface area contributed by atoms with Crippen LogP contribution in [0.25, 0.3) is 0 Å². The van der Waals surface area contributed by atoms with Gasteiger partial charge in [-0.15, -0.1) is 0 Å². The number of hydrogen-bond donors (Lipinski definition) is 1. The number of hydrogen-bond acceptors (Lipinski definition) is 2. The van der Waals surface area contributed by atoms with Crippen molar-refractivity contribution in [2.75, 3.05) is 13.6 Å². The molecule has 0 bridgehead atoms. The summed E-state index contributed by atoms with van der Waals surface area (Å²) in [6.07, 6.45) is 0.780. The number of likely N-dealkylation sites (tertiary alicyclic amines) is 1. The van der Waals surface area contributed by atoms with Gasteiger partial charge in [-0.1, -0.05) is 91.4 Å². The summed E-state index contributed by atoms with van der Waals surface area (Å²) in [5.41, 5.74) is 0.290. The highest BCUT2D eigenvalue weighted by molar-refractivity contribution is 7.01. The summed E-state index contributed by atoms with van der Waals surface area (Å²) in [5, 5.41) is 14.0. The van der Waals surface area contributed by atoms with Crippen molar-refractivity contribution in [1.82, 2.24) is 4.90 Å². The highest BCUT2D eigenvalue weighted by Gasteiger charge is 2.42. The first-order valence-electron chi connectivity index (χ1n) is 9.31. The van der Waals surface area contributed by atoms with Crippen LogP contribution in [0, 0.1) is 5.41 Å². The maximum Gasteiger partial charge on any atom is 0.117 e. The monoisotopic (exact) mass is 353 g/mol. The highest BCUT2D eigenvalue weighted by Crippen LogP contribution is 2.35. The van der Waals surface area contributed by atoms with Crippen LogP contribution < -0.4 is 10.4 Å². The Balaban J connectivity index is 1.91. The predicted octanol–water partition coefficient (Wildman–Crippen LogP) is 2.97. The van der Waals surface area contributed by atoms with E-state index < -0.39 is 8.07 Å². The lowest BCUT2D eigenvalue weighted by Crippen LogP contribution is -2.58. The van der Waals surface area contributed by atoms with Gasteiger partial charge in [0.15, 0.2) is 0 Å². The SMILES string of the molecule is CN1CC(C)(C)C[C@H]1[C@H](O)C[Si](C)(c1ccccc1)c1ccccc1. The number of aliphatic hydroxyl groups is 1. The summed E-state index contributed by atoms with van der Waals surface area (Å²) in [6.45, 7) is 8.08. The summed E-state index contributed by atoms with van der Waals surface area (Å²) in [6, 6.07) is 22.8. The van der Waals surface area contributed by atoms with Crippen molar-refractivity contribution in [3.63, 3.8) is 0 Å². The Labute approximate surface area is 153 Å². The van der Waals surface area contributed by atoms with Crippen LogP contribution in [0.1, 0.15) is 20.3 Å². The molecule has 0 radical (unpaired) electrons. The highest BCUT2D eigenvalue weighted by atomic mass is 28.3. The second-order valence-electron chi connectivity index (χ2n) is 8.69. The first kappa shape index (κ1) is 18.4. The van der Waals surface area contributed by atoms with Crippen molar-refractivity contribution in [3.8, 4) is 0 Å². The Morgan fingerprint density at radius 1 is 1.04 bits per heavy atom. The number of likely N-dealkylation sites (N-methyl/N-ethyl adjacent to an activating group) is 1. The third-order valence-electron chi connectivity index (χ3n) is 5.89. The molecule has 25 heavy (non-hydrogen) atoms. The molecule has 1 heterocycles. The molecule has 2 aromatic rings. The molecule has 134 valence electrons. The Bertz CT molecular complexity index is 646. The normalized spacial score (nSPS) is 22.0. The minimum absolute atomic E-state index is 0.259. The van der Waals surface area contributed by atoms with Crippen molar-refractivity contribution in [1.29, 1.82) is 0 Å². The van der Waals surface area contributed by atoms with Crippen LogP contribution in [-0.2, 0) is 0 Å². The molecule has 1 saturated heterocycles. The minimum Gasteiger partial charge on any atom is -0.392 e. The van der Waals surface area contributed by atoms with E-state index in [0.717, 1.165) is 19.0 Å². The van der Waals surface area contributed by atoms with Gasteiger partial charge in [0.2, 0.25) is 0 Å². The largest absolute Gasteiger partial charge is 0.392 e. The maximum absolute atomic E-state index is 11.2. The molecule has 0 aromatic heterocycles. The molecule has 2 atom stereocenters. The Morgan fingerprint density at radius 2 is 1.52 bits per heavy atom. The van der Waals surface area contributed by atoms with Gasteiger partial charge < -0.3 is 10.0 Å². The van der Waals surface area contributed by atoms with E-state index in [1.54, 1.807) is 0 Å². The molecule has 1 N–H and O–H groups in total. The average molecular weight is 354 g/mol. The Kier molecular flexibility index (Phi) is 5.19. The van der Waals surface area contributed by atoms with Gasteiger partial charge in [0.25, 0.3) is 0 Å². The molecule has 1 aliphatic rings. The van der Waals surface area contributed by atoms with Crippen LogP contribution in [0.15, 0.2) is 60.7 Å². The second kappa shape index (κ2) is 7.06. The van der Waals surface area contributed by atoms with Gasteiger partial charge in [0.05, 0.1) is 6.10 Å². The fourth-order valence-electron chi connectivity index (χ4n) is 4.58. The molecule has 0 saturated carbocycles. The third kappa shape index (κ3) is 3.89. The molecular weight excluding hydrogens is 322 g/mol. The fourth-order valence-corrected chi connectivity index (χ4v) is 8.35. The third-order valence-corrected chi connectivity index (χ3v) is 10.3. The standard InChI is InChI=1S/C22H31NOSi/c1-22(2)15-20(23(3)17-22)21(24)16-25(4,18-11-7-5-8-12-18)19-13-9-6-10-14-19/h5-14,20-21,24H,15-17H2,1-4H3/t20-,21+/m0/s1. The summed E-state index contributed by atoms with van der Waals surface area (Å²) in [7, 11) is 0.174. The van der Waals surface area contributed by atoms with Gasteiger partial charge in [-0.25, -0.2) is 0 Å². The van der Waals surface area contributed by atoms with Crippen molar-refractivity contribution < 1.29 is 5.11 Å². The lowest BCUT2D eigenvalue weighted by atomic mass is 9.89. The van der Waals surface area contributed by atoms with Crippen LogP contribution in [-0.4, -0.2) is 43.8 Å². The summed E-state index contributed by atoms with van der Waals surface area (Å²) >= 11 is 0. The van der Waals surface area contributed by atoms with Crippen LogP contribution in [0.4, 0.5) is 0 Å².